The molecule has 1 saturated carbocycles. The number of likely N-dealkylation sites (tertiary alicyclic amines) is 1. The third kappa shape index (κ3) is 3.66. The van der Waals surface area contributed by atoms with Crippen molar-refractivity contribution in [3.8, 4) is 0 Å². The topological polar surface area (TPSA) is 35.6 Å². The number of carbonyl (C=O) groups excluding carboxylic acids is 1. The Hall–Kier alpha value is -1.62. The summed E-state index contributed by atoms with van der Waals surface area (Å²) < 4.78 is 14.0. The van der Waals surface area contributed by atoms with Crippen molar-refractivity contribution in [3.05, 3.63) is 30.1 Å². The lowest BCUT2D eigenvalue weighted by molar-refractivity contribution is -0.119. The Labute approximate surface area is 149 Å². The summed E-state index contributed by atoms with van der Waals surface area (Å²) in [5.74, 6) is 1.39. The van der Waals surface area contributed by atoms with Crippen LogP contribution >= 0.6 is 0 Å². The predicted molar refractivity (Wildman–Crippen MR) is 97.0 cm³/mol. The van der Waals surface area contributed by atoms with Crippen LogP contribution in [0.2, 0.25) is 0 Å². The van der Waals surface area contributed by atoms with Gasteiger partial charge in [-0.3, -0.25) is 9.69 Å². The summed E-state index contributed by atoms with van der Waals surface area (Å²) in [4.78, 5) is 16.3. The van der Waals surface area contributed by atoms with Gasteiger partial charge in [-0.05, 0) is 49.7 Å². The van der Waals surface area contributed by atoms with E-state index >= 15 is 0 Å². The second-order valence-corrected chi connectivity index (χ2v) is 7.93. The number of hydrogen-bond acceptors (Lipinski definition) is 3. The average molecular weight is 345 g/mol. The molecule has 2 aliphatic heterocycles. The van der Waals surface area contributed by atoms with Gasteiger partial charge in [0.25, 0.3) is 0 Å². The van der Waals surface area contributed by atoms with E-state index in [1.807, 2.05) is 12.1 Å². The summed E-state index contributed by atoms with van der Waals surface area (Å²) in [6, 6.07) is 7.94. The standard InChI is InChI=1S/C20H28FN3O/c1-14(25)22-19-13-24(12-17(19)15-6-7-15)16-8-10-23(11-9-16)20-5-3-2-4-18(20)21/h2-5,15-17,19H,6-13H2,1H3,(H,22,25)/t17-,19+/m1/s1. The van der Waals surface area contributed by atoms with Crippen LogP contribution in [0, 0.1) is 17.7 Å². The van der Waals surface area contributed by atoms with Crippen LogP contribution in [0.25, 0.3) is 0 Å². The smallest absolute Gasteiger partial charge is 0.217 e. The maximum atomic E-state index is 14.0. The number of nitrogens with zero attached hydrogens (tertiary/aromatic N) is 2. The number of halogens is 1. The van der Waals surface area contributed by atoms with Gasteiger partial charge < -0.3 is 10.2 Å². The summed E-state index contributed by atoms with van der Waals surface area (Å²) in [5, 5.41) is 3.18. The molecule has 0 aromatic heterocycles. The highest BCUT2D eigenvalue weighted by molar-refractivity contribution is 5.73. The normalized spacial score (nSPS) is 28.3. The molecule has 2 atom stereocenters. The van der Waals surface area contributed by atoms with E-state index in [1.165, 1.54) is 12.8 Å². The molecular weight excluding hydrogens is 317 g/mol. The van der Waals surface area contributed by atoms with Gasteiger partial charge >= 0.3 is 0 Å². The van der Waals surface area contributed by atoms with Gasteiger partial charge in [0.05, 0.1) is 5.69 Å². The fourth-order valence-electron chi connectivity index (χ4n) is 4.75. The van der Waals surface area contributed by atoms with Crippen LogP contribution in [0.15, 0.2) is 24.3 Å². The summed E-state index contributed by atoms with van der Waals surface area (Å²) in [6.45, 7) is 5.52. The molecule has 1 N–H and O–H groups in total. The molecule has 1 aromatic rings. The molecule has 1 aliphatic carbocycles. The molecule has 3 aliphatic rings. The first kappa shape index (κ1) is 16.8. The lowest BCUT2D eigenvalue weighted by Crippen LogP contribution is -2.45. The number of hydrogen-bond donors (Lipinski definition) is 1. The number of anilines is 1. The lowest BCUT2D eigenvalue weighted by atomic mass is 9.98. The van der Waals surface area contributed by atoms with Gasteiger partial charge in [0.2, 0.25) is 5.91 Å². The molecule has 1 aromatic carbocycles. The van der Waals surface area contributed by atoms with Crippen molar-refractivity contribution < 1.29 is 9.18 Å². The molecule has 0 unspecified atom stereocenters. The van der Waals surface area contributed by atoms with E-state index in [2.05, 4.69) is 15.1 Å². The van der Waals surface area contributed by atoms with Crippen LogP contribution in [0.4, 0.5) is 10.1 Å². The number of para-hydroxylation sites is 1. The Morgan fingerprint density at radius 2 is 1.84 bits per heavy atom. The summed E-state index contributed by atoms with van der Waals surface area (Å²) in [7, 11) is 0. The SMILES string of the molecule is CC(=O)N[C@H]1CN(C2CCN(c3ccccc3F)CC2)C[C@@H]1C1CC1. The second kappa shape index (κ2) is 6.94. The molecule has 3 fully saturated rings. The van der Waals surface area contributed by atoms with Gasteiger partial charge in [0.1, 0.15) is 5.82 Å². The van der Waals surface area contributed by atoms with Crippen LogP contribution < -0.4 is 10.2 Å². The second-order valence-electron chi connectivity index (χ2n) is 7.93. The summed E-state index contributed by atoms with van der Waals surface area (Å²) in [6.07, 6.45) is 4.78. The highest BCUT2D eigenvalue weighted by Gasteiger charge is 2.44. The van der Waals surface area contributed by atoms with E-state index < -0.39 is 0 Å². The Bertz CT molecular complexity index is 625. The van der Waals surface area contributed by atoms with E-state index in [0.717, 1.165) is 50.6 Å². The molecule has 2 heterocycles. The van der Waals surface area contributed by atoms with Gasteiger partial charge in [-0.2, -0.15) is 0 Å². The van der Waals surface area contributed by atoms with Crippen LogP contribution in [-0.2, 0) is 4.79 Å². The van der Waals surface area contributed by atoms with Crippen molar-refractivity contribution in [2.45, 2.75) is 44.7 Å². The Balaban J connectivity index is 1.36. The van der Waals surface area contributed by atoms with Crippen molar-refractivity contribution in [1.29, 1.82) is 0 Å². The van der Waals surface area contributed by atoms with Crippen molar-refractivity contribution in [3.63, 3.8) is 0 Å². The largest absolute Gasteiger partial charge is 0.369 e. The maximum Gasteiger partial charge on any atom is 0.217 e. The third-order valence-electron chi connectivity index (χ3n) is 6.18. The number of rotatable bonds is 4. The Kier molecular flexibility index (Phi) is 4.67. The van der Waals surface area contributed by atoms with Crippen LogP contribution in [0.3, 0.4) is 0 Å². The Morgan fingerprint density at radius 3 is 2.48 bits per heavy atom. The molecule has 25 heavy (non-hydrogen) atoms. The van der Waals surface area contributed by atoms with Gasteiger partial charge in [-0.25, -0.2) is 4.39 Å². The van der Waals surface area contributed by atoms with E-state index in [1.54, 1.807) is 19.1 Å². The third-order valence-corrected chi connectivity index (χ3v) is 6.18. The Morgan fingerprint density at radius 1 is 1.12 bits per heavy atom. The minimum absolute atomic E-state index is 0.0897. The first-order valence-electron chi connectivity index (χ1n) is 9.62. The molecule has 0 spiro atoms. The molecule has 4 rings (SSSR count). The predicted octanol–water partition coefficient (Wildman–Crippen LogP) is 2.64. The molecule has 5 heteroatoms. The first-order chi connectivity index (χ1) is 12.1. The lowest BCUT2D eigenvalue weighted by Gasteiger charge is -2.38. The minimum Gasteiger partial charge on any atom is -0.369 e. The van der Waals surface area contributed by atoms with Crippen LogP contribution in [0.5, 0.6) is 0 Å². The van der Waals surface area contributed by atoms with Crippen LogP contribution in [-0.4, -0.2) is 49.1 Å². The highest BCUT2D eigenvalue weighted by atomic mass is 19.1. The van der Waals surface area contributed by atoms with E-state index in [9.17, 15) is 9.18 Å². The molecule has 0 radical (unpaired) electrons. The monoisotopic (exact) mass is 345 g/mol. The molecule has 4 nitrogen and oxygen atoms in total. The van der Waals surface area contributed by atoms with Gasteiger partial charge in [0, 0.05) is 45.2 Å². The van der Waals surface area contributed by atoms with Crippen molar-refractivity contribution in [2.75, 3.05) is 31.1 Å². The number of amides is 1. The van der Waals surface area contributed by atoms with E-state index in [4.69, 9.17) is 0 Å². The quantitative estimate of drug-likeness (QED) is 0.911. The fourth-order valence-corrected chi connectivity index (χ4v) is 4.75. The minimum atomic E-state index is -0.123. The van der Waals surface area contributed by atoms with Gasteiger partial charge in [-0.1, -0.05) is 12.1 Å². The number of carbonyl (C=O) groups is 1. The molecule has 136 valence electrons. The fraction of sp³-hybridized carbons (Fsp3) is 0.650. The zero-order valence-corrected chi connectivity index (χ0v) is 15.0. The molecule has 0 bridgehead atoms. The van der Waals surface area contributed by atoms with Crippen molar-refractivity contribution >= 4 is 11.6 Å². The zero-order chi connectivity index (χ0) is 17.4. The molecular formula is C20H28FN3O. The highest BCUT2D eigenvalue weighted by Crippen LogP contribution is 2.42. The number of nitrogens with one attached hydrogen (secondary N) is 1. The number of piperidine rings is 1. The van der Waals surface area contributed by atoms with Crippen LogP contribution in [0.1, 0.15) is 32.6 Å². The molecule has 2 saturated heterocycles. The van der Waals surface area contributed by atoms with Crippen molar-refractivity contribution in [2.24, 2.45) is 11.8 Å². The van der Waals surface area contributed by atoms with Gasteiger partial charge in [0.15, 0.2) is 0 Å². The summed E-state index contributed by atoms with van der Waals surface area (Å²) >= 11 is 0. The van der Waals surface area contributed by atoms with Gasteiger partial charge in [-0.15, -0.1) is 0 Å². The van der Waals surface area contributed by atoms with Crippen molar-refractivity contribution in [1.82, 2.24) is 10.2 Å². The average Bonchev–Trinajstić information content (AvgIpc) is 3.36. The van der Waals surface area contributed by atoms with E-state index in [-0.39, 0.29) is 11.7 Å². The first-order valence-corrected chi connectivity index (χ1v) is 9.62. The number of benzene rings is 1. The zero-order valence-electron chi connectivity index (χ0n) is 15.0. The summed E-state index contributed by atoms with van der Waals surface area (Å²) in [5.41, 5.74) is 0.731. The maximum absolute atomic E-state index is 14.0. The van der Waals surface area contributed by atoms with E-state index in [0.29, 0.717) is 18.0 Å². The molecule has 1 amide bonds.